The fourth-order valence-electron chi connectivity index (χ4n) is 2.90. The third-order valence-corrected chi connectivity index (χ3v) is 6.07. The van der Waals surface area contributed by atoms with E-state index in [4.69, 9.17) is 27.6 Å². The van der Waals surface area contributed by atoms with Gasteiger partial charge in [0.15, 0.2) is 0 Å². The molecule has 0 aliphatic heterocycles. The Morgan fingerprint density at radius 1 is 1.03 bits per heavy atom. The summed E-state index contributed by atoms with van der Waals surface area (Å²) >= 11 is 13.4. The highest BCUT2D eigenvalue weighted by Crippen LogP contribution is 2.30. The van der Waals surface area contributed by atoms with E-state index in [1.165, 1.54) is 0 Å². The average Bonchev–Trinajstić information content (AvgIpc) is 3.46. The largest absolute Gasteiger partial charge is 0.419 e. The zero-order chi connectivity index (χ0) is 20.2. The number of halogens is 2. The van der Waals surface area contributed by atoms with E-state index in [0.717, 1.165) is 29.7 Å². The van der Waals surface area contributed by atoms with Gasteiger partial charge in [0.25, 0.3) is 0 Å². The van der Waals surface area contributed by atoms with Crippen LogP contribution in [0.15, 0.2) is 52.9 Å². The molecule has 5 nitrogen and oxygen atoms in total. The van der Waals surface area contributed by atoms with E-state index in [0.29, 0.717) is 34.1 Å². The molecule has 0 radical (unpaired) electrons. The number of amides is 1. The summed E-state index contributed by atoms with van der Waals surface area (Å²) in [5.41, 5.74) is 1.95. The van der Waals surface area contributed by atoms with Gasteiger partial charge in [-0.3, -0.25) is 4.79 Å². The van der Waals surface area contributed by atoms with Gasteiger partial charge in [0, 0.05) is 27.4 Å². The van der Waals surface area contributed by atoms with Crippen molar-refractivity contribution in [1.29, 1.82) is 0 Å². The smallest absolute Gasteiger partial charge is 0.247 e. The summed E-state index contributed by atoms with van der Waals surface area (Å²) < 4.78 is 5.77. The lowest BCUT2D eigenvalue weighted by molar-refractivity contribution is -0.129. The van der Waals surface area contributed by atoms with Gasteiger partial charge in [-0.25, -0.2) is 0 Å². The second kappa shape index (κ2) is 9.20. The summed E-state index contributed by atoms with van der Waals surface area (Å²) in [6, 6.07) is 15.2. The van der Waals surface area contributed by atoms with Gasteiger partial charge in [-0.15, -0.1) is 22.0 Å². The van der Waals surface area contributed by atoms with E-state index in [1.807, 2.05) is 41.3 Å². The molecule has 0 unspecified atom stereocenters. The average molecular weight is 448 g/mol. The molecule has 29 heavy (non-hydrogen) atoms. The number of carbonyl (C=O) groups is 1. The monoisotopic (exact) mass is 447 g/mol. The van der Waals surface area contributed by atoms with Crippen molar-refractivity contribution >= 4 is 40.9 Å². The Hall–Kier alpha value is -2.02. The SMILES string of the molecule is O=C(CSCc1ccc(Cl)cc1)N(Cc1nnc(-c2ccc(Cl)cc2)o1)C1CC1. The van der Waals surface area contributed by atoms with Crippen LogP contribution in [0.3, 0.4) is 0 Å². The zero-order valence-corrected chi connectivity index (χ0v) is 17.9. The van der Waals surface area contributed by atoms with Crippen LogP contribution in [0.4, 0.5) is 0 Å². The Morgan fingerprint density at radius 2 is 1.69 bits per heavy atom. The van der Waals surface area contributed by atoms with Gasteiger partial charge < -0.3 is 9.32 Å². The molecule has 150 valence electrons. The van der Waals surface area contributed by atoms with E-state index < -0.39 is 0 Å². The summed E-state index contributed by atoms with van der Waals surface area (Å²) in [7, 11) is 0. The Labute approximate surface area is 183 Å². The molecule has 1 aliphatic carbocycles. The minimum atomic E-state index is 0.0951. The van der Waals surface area contributed by atoms with E-state index in [2.05, 4.69) is 10.2 Å². The van der Waals surface area contributed by atoms with Crippen LogP contribution in [0.1, 0.15) is 24.3 Å². The van der Waals surface area contributed by atoms with Gasteiger partial charge in [0.1, 0.15) is 0 Å². The molecular formula is C21H19Cl2N3O2S. The predicted molar refractivity (Wildman–Crippen MR) is 116 cm³/mol. The molecule has 8 heteroatoms. The van der Waals surface area contributed by atoms with E-state index >= 15 is 0 Å². The minimum Gasteiger partial charge on any atom is -0.419 e. The number of hydrogen-bond acceptors (Lipinski definition) is 5. The van der Waals surface area contributed by atoms with Gasteiger partial charge in [-0.1, -0.05) is 35.3 Å². The summed E-state index contributed by atoms with van der Waals surface area (Å²) in [6.07, 6.45) is 2.04. The quantitative estimate of drug-likeness (QED) is 0.458. The van der Waals surface area contributed by atoms with Gasteiger partial charge in [0.05, 0.1) is 12.3 Å². The molecular weight excluding hydrogens is 429 g/mol. The van der Waals surface area contributed by atoms with Crippen molar-refractivity contribution in [3.63, 3.8) is 0 Å². The second-order valence-corrected chi connectivity index (χ2v) is 8.74. The molecule has 2 aromatic carbocycles. The van der Waals surface area contributed by atoms with Crippen LogP contribution >= 0.6 is 35.0 Å². The molecule has 3 aromatic rings. The third kappa shape index (κ3) is 5.53. The highest BCUT2D eigenvalue weighted by atomic mass is 35.5. The molecule has 1 fully saturated rings. The van der Waals surface area contributed by atoms with Crippen molar-refractivity contribution < 1.29 is 9.21 Å². The lowest BCUT2D eigenvalue weighted by atomic mass is 10.2. The van der Waals surface area contributed by atoms with Crippen molar-refractivity contribution in [2.24, 2.45) is 0 Å². The number of aromatic nitrogens is 2. The maximum atomic E-state index is 12.8. The van der Waals surface area contributed by atoms with Crippen molar-refractivity contribution in [3.8, 4) is 11.5 Å². The molecule has 0 N–H and O–H groups in total. The van der Waals surface area contributed by atoms with Crippen LogP contribution in [0, 0.1) is 0 Å². The summed E-state index contributed by atoms with van der Waals surface area (Å²) in [6.45, 7) is 0.339. The minimum absolute atomic E-state index is 0.0951. The van der Waals surface area contributed by atoms with E-state index in [9.17, 15) is 4.79 Å². The van der Waals surface area contributed by atoms with Gasteiger partial charge in [-0.2, -0.15) is 0 Å². The first-order valence-corrected chi connectivity index (χ1v) is 11.2. The lowest BCUT2D eigenvalue weighted by Gasteiger charge is -2.20. The van der Waals surface area contributed by atoms with Crippen molar-refractivity contribution in [1.82, 2.24) is 15.1 Å². The summed E-state index contributed by atoms with van der Waals surface area (Å²) in [5, 5.41) is 9.59. The molecule has 0 spiro atoms. The fraction of sp³-hybridized carbons (Fsp3) is 0.286. The van der Waals surface area contributed by atoms with Gasteiger partial charge in [0.2, 0.25) is 17.7 Å². The topological polar surface area (TPSA) is 59.2 Å². The molecule has 1 amide bonds. The highest BCUT2D eigenvalue weighted by molar-refractivity contribution is 7.99. The Bertz CT molecular complexity index is 972. The molecule has 0 atom stereocenters. The van der Waals surface area contributed by atoms with Gasteiger partial charge in [-0.05, 0) is 54.8 Å². The Morgan fingerprint density at radius 3 is 2.34 bits per heavy atom. The van der Waals surface area contributed by atoms with Gasteiger partial charge >= 0.3 is 0 Å². The van der Waals surface area contributed by atoms with E-state index in [1.54, 1.807) is 23.9 Å². The first-order valence-electron chi connectivity index (χ1n) is 9.28. The number of carbonyl (C=O) groups excluding carboxylic acids is 1. The summed E-state index contributed by atoms with van der Waals surface area (Å²) in [4.78, 5) is 14.6. The van der Waals surface area contributed by atoms with Crippen molar-refractivity contribution in [2.45, 2.75) is 31.2 Å². The molecule has 4 rings (SSSR count). The number of rotatable bonds is 8. The predicted octanol–water partition coefficient (Wildman–Crippen LogP) is 5.47. The zero-order valence-electron chi connectivity index (χ0n) is 15.6. The molecule has 0 bridgehead atoms. The first kappa shape index (κ1) is 20.3. The third-order valence-electron chi connectivity index (χ3n) is 4.58. The maximum Gasteiger partial charge on any atom is 0.247 e. The molecule has 1 aromatic heterocycles. The Balaban J connectivity index is 1.35. The number of benzene rings is 2. The second-order valence-electron chi connectivity index (χ2n) is 6.88. The molecule has 1 saturated carbocycles. The first-order chi connectivity index (χ1) is 14.1. The molecule has 0 saturated heterocycles. The van der Waals surface area contributed by atoms with Crippen LogP contribution in [0.25, 0.3) is 11.5 Å². The normalized spacial score (nSPS) is 13.4. The van der Waals surface area contributed by atoms with Crippen LogP contribution in [0.5, 0.6) is 0 Å². The van der Waals surface area contributed by atoms with Crippen molar-refractivity contribution in [3.05, 3.63) is 70.0 Å². The lowest BCUT2D eigenvalue weighted by Crippen LogP contribution is -2.34. The van der Waals surface area contributed by atoms with E-state index in [-0.39, 0.29) is 11.9 Å². The highest BCUT2D eigenvalue weighted by Gasteiger charge is 2.33. The Kier molecular flexibility index (Phi) is 6.43. The number of hydrogen-bond donors (Lipinski definition) is 0. The summed E-state index contributed by atoms with van der Waals surface area (Å²) in [5.74, 6) is 2.15. The molecule has 1 heterocycles. The van der Waals surface area contributed by atoms with Crippen molar-refractivity contribution in [2.75, 3.05) is 5.75 Å². The number of nitrogens with zero attached hydrogens (tertiary/aromatic N) is 3. The molecule has 1 aliphatic rings. The fourth-order valence-corrected chi connectivity index (χ4v) is 4.02. The standard InChI is InChI=1S/C21H19Cl2N3O2S/c22-16-5-1-14(2-6-16)12-29-13-20(27)26(18-9-10-18)11-19-24-25-21(28-19)15-3-7-17(23)8-4-15/h1-8,18H,9-13H2. The number of thioether (sulfide) groups is 1. The van der Waals surface area contributed by atoms with Crippen LogP contribution in [-0.4, -0.2) is 32.8 Å². The van der Waals surface area contributed by atoms with Crippen LogP contribution in [0.2, 0.25) is 10.0 Å². The van der Waals surface area contributed by atoms with Crippen LogP contribution < -0.4 is 0 Å². The maximum absolute atomic E-state index is 12.8. The van der Waals surface area contributed by atoms with Crippen LogP contribution in [-0.2, 0) is 17.1 Å².